The van der Waals surface area contributed by atoms with Gasteiger partial charge >= 0.3 is 0 Å². The Morgan fingerprint density at radius 1 is 1.23 bits per heavy atom. The number of imidazole rings is 1. The molecule has 10 heteroatoms. The summed E-state index contributed by atoms with van der Waals surface area (Å²) in [6.07, 6.45) is 5.39. The molecule has 1 aliphatic heterocycles. The van der Waals surface area contributed by atoms with Crippen LogP contribution in [0.1, 0.15) is 23.2 Å². The fourth-order valence-corrected chi connectivity index (χ4v) is 4.34. The molecule has 0 spiro atoms. The van der Waals surface area contributed by atoms with E-state index < -0.39 is 16.6 Å². The van der Waals surface area contributed by atoms with Gasteiger partial charge in [-0.15, -0.1) is 0 Å². The predicted molar refractivity (Wildman–Crippen MR) is 116 cm³/mol. The normalized spacial score (nSPS) is 13.4. The van der Waals surface area contributed by atoms with Crippen LogP contribution in [0.4, 0.5) is 21.5 Å². The van der Waals surface area contributed by atoms with Crippen molar-refractivity contribution >= 4 is 34.7 Å². The molecule has 1 N–H and O–H groups in total. The first kappa shape index (κ1) is 20.9. The van der Waals surface area contributed by atoms with Crippen LogP contribution in [0.15, 0.2) is 58.8 Å². The van der Waals surface area contributed by atoms with E-state index >= 15 is 0 Å². The highest BCUT2D eigenvalue weighted by Gasteiger charge is 2.24. The van der Waals surface area contributed by atoms with Crippen molar-refractivity contribution in [2.24, 2.45) is 7.05 Å². The van der Waals surface area contributed by atoms with E-state index in [9.17, 15) is 19.3 Å². The molecule has 8 nitrogen and oxygen atoms in total. The zero-order valence-electron chi connectivity index (χ0n) is 16.7. The second-order valence-electron chi connectivity index (χ2n) is 7.17. The van der Waals surface area contributed by atoms with Crippen LogP contribution in [0.5, 0.6) is 0 Å². The van der Waals surface area contributed by atoms with Gasteiger partial charge in [0.05, 0.1) is 10.6 Å². The first-order valence-electron chi connectivity index (χ1n) is 9.72. The van der Waals surface area contributed by atoms with Gasteiger partial charge in [-0.1, -0.05) is 0 Å². The summed E-state index contributed by atoms with van der Waals surface area (Å²) < 4.78 is 15.7. The zero-order chi connectivity index (χ0) is 22.0. The lowest BCUT2D eigenvalue weighted by Gasteiger charge is -2.18. The summed E-state index contributed by atoms with van der Waals surface area (Å²) >= 11 is 1.28. The van der Waals surface area contributed by atoms with Crippen molar-refractivity contribution in [1.82, 2.24) is 9.55 Å². The largest absolute Gasteiger partial charge is 0.366 e. The first-order valence-corrected chi connectivity index (χ1v) is 10.5. The van der Waals surface area contributed by atoms with Crippen LogP contribution in [0.2, 0.25) is 0 Å². The van der Waals surface area contributed by atoms with Crippen molar-refractivity contribution in [3.05, 3.63) is 70.3 Å². The number of aromatic nitrogens is 2. The lowest BCUT2D eigenvalue weighted by atomic mass is 10.1. The monoisotopic (exact) mass is 441 g/mol. The topological polar surface area (TPSA) is 93.3 Å². The Morgan fingerprint density at radius 3 is 2.68 bits per heavy atom. The maximum Gasteiger partial charge on any atom is 0.293 e. The zero-order valence-corrected chi connectivity index (χ0v) is 17.6. The van der Waals surface area contributed by atoms with Crippen molar-refractivity contribution in [2.75, 3.05) is 23.3 Å². The molecule has 0 bridgehead atoms. The number of hydrogen-bond acceptors (Lipinski definition) is 6. The summed E-state index contributed by atoms with van der Waals surface area (Å²) in [5, 5.41) is 15.0. The fourth-order valence-electron chi connectivity index (χ4n) is 3.47. The van der Waals surface area contributed by atoms with Crippen LogP contribution >= 0.6 is 11.8 Å². The van der Waals surface area contributed by atoms with Gasteiger partial charge in [0, 0.05) is 49.1 Å². The van der Waals surface area contributed by atoms with Gasteiger partial charge in [0.15, 0.2) is 5.16 Å². The van der Waals surface area contributed by atoms with Crippen LogP contribution in [0.3, 0.4) is 0 Å². The number of halogens is 1. The minimum absolute atomic E-state index is 0.114. The van der Waals surface area contributed by atoms with E-state index in [2.05, 4.69) is 10.3 Å². The smallest absolute Gasteiger partial charge is 0.293 e. The number of nitrogens with zero attached hydrogens (tertiary/aromatic N) is 4. The number of carbonyl (C=O) groups is 1. The molecule has 0 unspecified atom stereocenters. The number of nitro benzene ring substituents is 1. The molecule has 1 fully saturated rings. The molecular weight excluding hydrogens is 421 g/mol. The number of aryl methyl sites for hydroxylation is 1. The van der Waals surface area contributed by atoms with Crippen LogP contribution in [0, 0.1) is 15.9 Å². The molecule has 1 aliphatic rings. The standard InChI is InChI=1S/C21H20FN5O3S/c1-25-11-8-23-21(25)31-19-7-5-15(22)13-16(19)24-20(28)14-4-6-17(18(12-14)27(29)30)26-9-2-3-10-26/h4-8,11-13H,2-3,9-10H2,1H3,(H,24,28). The van der Waals surface area contributed by atoms with E-state index in [0.29, 0.717) is 15.7 Å². The van der Waals surface area contributed by atoms with Crippen molar-refractivity contribution < 1.29 is 14.1 Å². The molecule has 160 valence electrons. The molecule has 0 radical (unpaired) electrons. The number of nitro groups is 1. The third-order valence-electron chi connectivity index (χ3n) is 5.05. The molecule has 2 heterocycles. The van der Waals surface area contributed by atoms with E-state index in [1.54, 1.807) is 35.2 Å². The lowest BCUT2D eigenvalue weighted by molar-refractivity contribution is -0.384. The Hall–Kier alpha value is -3.40. The highest BCUT2D eigenvalue weighted by atomic mass is 32.2. The number of nitrogens with one attached hydrogen (secondary N) is 1. The SMILES string of the molecule is Cn1ccnc1Sc1ccc(F)cc1NC(=O)c1ccc(N2CCCC2)c([N+](=O)[O-])c1. The number of anilines is 2. The summed E-state index contributed by atoms with van der Waals surface area (Å²) in [5.74, 6) is -1.06. The van der Waals surface area contributed by atoms with Gasteiger partial charge in [0.25, 0.3) is 11.6 Å². The van der Waals surface area contributed by atoms with E-state index in [4.69, 9.17) is 0 Å². The summed E-state index contributed by atoms with van der Waals surface area (Å²) in [6, 6.07) is 8.51. The lowest BCUT2D eigenvalue weighted by Crippen LogP contribution is -2.20. The van der Waals surface area contributed by atoms with E-state index in [1.165, 1.54) is 30.0 Å². The first-order chi connectivity index (χ1) is 14.9. The molecule has 0 saturated carbocycles. The molecule has 4 rings (SSSR count). The molecule has 0 aliphatic carbocycles. The highest BCUT2D eigenvalue weighted by Crippen LogP contribution is 2.34. The Morgan fingerprint density at radius 2 is 2.00 bits per heavy atom. The predicted octanol–water partition coefficient (Wildman–Crippen LogP) is 4.47. The van der Waals surface area contributed by atoms with Gasteiger partial charge in [-0.2, -0.15) is 0 Å². The molecule has 1 aromatic heterocycles. The second-order valence-corrected chi connectivity index (χ2v) is 8.18. The average Bonchev–Trinajstić information content (AvgIpc) is 3.42. The molecule has 1 amide bonds. The van der Waals surface area contributed by atoms with Crippen molar-refractivity contribution in [1.29, 1.82) is 0 Å². The van der Waals surface area contributed by atoms with E-state index in [0.717, 1.165) is 25.9 Å². The maximum absolute atomic E-state index is 13.9. The van der Waals surface area contributed by atoms with Crippen molar-refractivity contribution in [2.45, 2.75) is 22.9 Å². The second kappa shape index (κ2) is 8.76. The molecule has 2 aromatic carbocycles. The number of hydrogen-bond donors (Lipinski definition) is 1. The molecule has 1 saturated heterocycles. The van der Waals surface area contributed by atoms with Gasteiger partial charge in [-0.25, -0.2) is 9.37 Å². The van der Waals surface area contributed by atoms with Crippen LogP contribution in [-0.2, 0) is 7.05 Å². The minimum atomic E-state index is -0.552. The van der Waals surface area contributed by atoms with Crippen molar-refractivity contribution in [3.63, 3.8) is 0 Å². The minimum Gasteiger partial charge on any atom is -0.366 e. The molecule has 0 atom stereocenters. The molecule has 3 aromatic rings. The fraction of sp³-hybridized carbons (Fsp3) is 0.238. The Kier molecular flexibility index (Phi) is 5.90. The van der Waals surface area contributed by atoms with Gasteiger partial charge < -0.3 is 14.8 Å². The van der Waals surface area contributed by atoms with Gasteiger partial charge in [0.2, 0.25) is 0 Å². The average molecular weight is 441 g/mol. The van der Waals surface area contributed by atoms with Crippen molar-refractivity contribution in [3.8, 4) is 0 Å². The Balaban J connectivity index is 1.61. The highest BCUT2D eigenvalue weighted by molar-refractivity contribution is 7.99. The molecule has 31 heavy (non-hydrogen) atoms. The Bertz CT molecular complexity index is 1140. The van der Waals surface area contributed by atoms with Gasteiger partial charge in [-0.3, -0.25) is 14.9 Å². The number of carbonyl (C=O) groups excluding carboxylic acids is 1. The van der Waals surface area contributed by atoms with Gasteiger partial charge in [-0.05, 0) is 54.9 Å². The summed E-state index contributed by atoms with van der Waals surface area (Å²) in [7, 11) is 1.83. The number of benzene rings is 2. The summed E-state index contributed by atoms with van der Waals surface area (Å²) in [4.78, 5) is 30.8. The molecular formula is C21H20FN5O3S. The maximum atomic E-state index is 13.9. The third-order valence-corrected chi connectivity index (χ3v) is 6.20. The van der Waals surface area contributed by atoms with E-state index in [-0.39, 0.29) is 16.9 Å². The quantitative estimate of drug-likeness (QED) is 0.448. The van der Waals surface area contributed by atoms with Gasteiger partial charge in [0.1, 0.15) is 11.5 Å². The Labute approximate surface area is 182 Å². The van der Waals surface area contributed by atoms with Crippen LogP contribution in [-0.4, -0.2) is 33.5 Å². The van der Waals surface area contributed by atoms with Crippen LogP contribution in [0.25, 0.3) is 0 Å². The number of rotatable bonds is 6. The van der Waals surface area contributed by atoms with Crippen LogP contribution < -0.4 is 10.2 Å². The summed E-state index contributed by atoms with van der Waals surface area (Å²) in [5.41, 5.74) is 0.795. The van der Waals surface area contributed by atoms with E-state index in [1.807, 2.05) is 11.9 Å². The third kappa shape index (κ3) is 4.53. The number of amides is 1. The summed E-state index contributed by atoms with van der Waals surface area (Å²) in [6.45, 7) is 1.51.